The molecule has 0 radical (unpaired) electrons. The molecule has 0 aromatic rings. The Labute approximate surface area is 59.6 Å². The van der Waals surface area contributed by atoms with Gasteiger partial charge in [-0.25, -0.2) is 0 Å². The van der Waals surface area contributed by atoms with Crippen molar-refractivity contribution in [2.45, 2.75) is 25.9 Å². The van der Waals surface area contributed by atoms with E-state index in [1.165, 1.54) is 13.8 Å². The highest BCUT2D eigenvalue weighted by Crippen LogP contribution is 1.87. The molecule has 0 bridgehead atoms. The summed E-state index contributed by atoms with van der Waals surface area (Å²) < 4.78 is 0. The van der Waals surface area contributed by atoms with Crippen molar-refractivity contribution in [2.24, 2.45) is 11.5 Å². The fraction of sp³-hybridized carbons (Fsp3) is 0.667. The molecule has 10 heavy (non-hydrogen) atoms. The lowest BCUT2D eigenvalue weighted by molar-refractivity contribution is -0.128. The molecule has 1 unspecified atom stereocenters. The van der Waals surface area contributed by atoms with Crippen LogP contribution in [-0.4, -0.2) is 23.7 Å². The van der Waals surface area contributed by atoms with E-state index >= 15 is 0 Å². The Morgan fingerprint density at radius 1 is 1.30 bits per heavy atom. The molecule has 0 amide bonds. The summed E-state index contributed by atoms with van der Waals surface area (Å²) in [5.41, 5.74) is 10.4. The first-order valence-corrected chi connectivity index (χ1v) is 3.02. The standard InChI is InChI=1S/C6H12N2O2/c1-3(7)6(10)5(8)4(2)9/h3,5H,7-8H2,1-2H3/t3-,5?/m0/s1. The number of Topliss-reactive ketones (excluding diaryl/α,β-unsaturated/α-hetero) is 2. The first kappa shape index (κ1) is 9.26. The van der Waals surface area contributed by atoms with Gasteiger partial charge >= 0.3 is 0 Å². The van der Waals surface area contributed by atoms with Crippen molar-refractivity contribution >= 4 is 11.6 Å². The van der Waals surface area contributed by atoms with Crippen LogP contribution in [0.15, 0.2) is 0 Å². The van der Waals surface area contributed by atoms with E-state index in [0.717, 1.165) is 0 Å². The molecule has 0 aliphatic heterocycles. The number of hydrogen-bond acceptors (Lipinski definition) is 4. The topological polar surface area (TPSA) is 86.2 Å². The lowest BCUT2D eigenvalue weighted by Gasteiger charge is -2.08. The van der Waals surface area contributed by atoms with Crippen LogP contribution in [0.5, 0.6) is 0 Å². The van der Waals surface area contributed by atoms with E-state index < -0.39 is 17.9 Å². The Balaban J connectivity index is 4.08. The van der Waals surface area contributed by atoms with Gasteiger partial charge in [0.2, 0.25) is 0 Å². The van der Waals surface area contributed by atoms with Gasteiger partial charge in [-0.15, -0.1) is 0 Å². The SMILES string of the molecule is CC(=O)C(N)C(=O)[C@H](C)N. The van der Waals surface area contributed by atoms with Crippen molar-refractivity contribution in [3.63, 3.8) is 0 Å². The maximum absolute atomic E-state index is 10.8. The molecule has 4 heteroatoms. The minimum absolute atomic E-state index is 0.345. The predicted octanol–water partition coefficient (Wildman–Crippen LogP) is -1.18. The number of nitrogens with two attached hydrogens (primary N) is 2. The van der Waals surface area contributed by atoms with Crippen molar-refractivity contribution in [1.29, 1.82) is 0 Å². The Morgan fingerprint density at radius 3 is 1.80 bits per heavy atom. The molecular weight excluding hydrogens is 132 g/mol. The Kier molecular flexibility index (Phi) is 3.18. The van der Waals surface area contributed by atoms with Crippen molar-refractivity contribution < 1.29 is 9.59 Å². The monoisotopic (exact) mass is 144 g/mol. The third kappa shape index (κ3) is 2.24. The van der Waals surface area contributed by atoms with Gasteiger partial charge in [-0.05, 0) is 13.8 Å². The molecule has 0 saturated heterocycles. The van der Waals surface area contributed by atoms with Gasteiger partial charge in [0.05, 0.1) is 6.04 Å². The number of rotatable bonds is 3. The number of ketones is 2. The summed E-state index contributed by atoms with van der Waals surface area (Å²) in [6, 6.07) is -1.70. The average molecular weight is 144 g/mol. The zero-order valence-electron chi connectivity index (χ0n) is 6.13. The summed E-state index contributed by atoms with van der Waals surface area (Å²) in [6.07, 6.45) is 0. The Bertz CT molecular complexity index is 154. The van der Waals surface area contributed by atoms with E-state index in [4.69, 9.17) is 11.5 Å². The zero-order valence-corrected chi connectivity index (χ0v) is 6.13. The molecule has 0 aliphatic rings. The van der Waals surface area contributed by atoms with Crippen molar-refractivity contribution in [1.82, 2.24) is 0 Å². The van der Waals surface area contributed by atoms with E-state index in [9.17, 15) is 9.59 Å². The van der Waals surface area contributed by atoms with E-state index in [1.54, 1.807) is 0 Å². The maximum atomic E-state index is 10.8. The van der Waals surface area contributed by atoms with Gasteiger partial charge in [-0.2, -0.15) is 0 Å². The van der Waals surface area contributed by atoms with E-state index in [2.05, 4.69) is 0 Å². The van der Waals surface area contributed by atoms with Crippen LogP contribution in [0.4, 0.5) is 0 Å². The molecule has 2 atom stereocenters. The van der Waals surface area contributed by atoms with Gasteiger partial charge in [-0.3, -0.25) is 9.59 Å². The molecule has 4 N–H and O–H groups in total. The van der Waals surface area contributed by atoms with Crippen LogP contribution >= 0.6 is 0 Å². The number of carbonyl (C=O) groups is 2. The summed E-state index contributed by atoms with van der Waals surface area (Å²) in [5, 5.41) is 0. The van der Waals surface area contributed by atoms with Crippen LogP contribution in [-0.2, 0) is 9.59 Å². The quantitative estimate of drug-likeness (QED) is 0.488. The van der Waals surface area contributed by atoms with E-state index in [1.807, 2.05) is 0 Å². The summed E-state index contributed by atoms with van der Waals surface area (Å²) in [6.45, 7) is 2.77. The molecule has 0 spiro atoms. The highest BCUT2D eigenvalue weighted by atomic mass is 16.2. The zero-order chi connectivity index (χ0) is 8.31. The first-order chi connectivity index (χ1) is 4.46. The van der Waals surface area contributed by atoms with Crippen LogP contribution in [0.25, 0.3) is 0 Å². The predicted molar refractivity (Wildman–Crippen MR) is 37.3 cm³/mol. The second-order valence-corrected chi connectivity index (χ2v) is 2.28. The summed E-state index contributed by atoms with van der Waals surface area (Å²) >= 11 is 0. The first-order valence-electron chi connectivity index (χ1n) is 3.02. The second-order valence-electron chi connectivity index (χ2n) is 2.28. The van der Waals surface area contributed by atoms with Crippen LogP contribution < -0.4 is 11.5 Å². The van der Waals surface area contributed by atoms with Crippen LogP contribution in [0.1, 0.15) is 13.8 Å². The number of hydrogen-bond donors (Lipinski definition) is 2. The summed E-state index contributed by atoms with van der Waals surface area (Å²) in [4.78, 5) is 21.3. The molecule has 0 aromatic carbocycles. The van der Waals surface area contributed by atoms with Gasteiger partial charge in [-0.1, -0.05) is 0 Å². The molecule has 0 aromatic heterocycles. The summed E-state index contributed by atoms with van der Waals surface area (Å²) in [5.74, 6) is -0.755. The molecule has 4 nitrogen and oxygen atoms in total. The fourth-order valence-electron chi connectivity index (χ4n) is 0.484. The highest BCUT2D eigenvalue weighted by molar-refractivity contribution is 6.07. The molecule has 0 rings (SSSR count). The molecule has 0 saturated carbocycles. The lowest BCUT2D eigenvalue weighted by atomic mass is 10.1. The highest BCUT2D eigenvalue weighted by Gasteiger charge is 2.20. The lowest BCUT2D eigenvalue weighted by Crippen LogP contribution is -2.45. The fourth-order valence-corrected chi connectivity index (χ4v) is 0.484. The molecular formula is C6H12N2O2. The van der Waals surface area contributed by atoms with Gasteiger partial charge < -0.3 is 11.5 Å². The minimum atomic E-state index is -1.04. The van der Waals surface area contributed by atoms with Gasteiger partial charge in [0.25, 0.3) is 0 Å². The normalized spacial score (nSPS) is 16.0. The average Bonchev–Trinajstić information content (AvgIpc) is 1.84. The van der Waals surface area contributed by atoms with Gasteiger partial charge in [0, 0.05) is 0 Å². The molecule has 0 aliphatic carbocycles. The Hall–Kier alpha value is -0.740. The van der Waals surface area contributed by atoms with Gasteiger partial charge in [0.1, 0.15) is 6.04 Å². The minimum Gasteiger partial charge on any atom is -0.322 e. The molecule has 58 valence electrons. The maximum Gasteiger partial charge on any atom is 0.173 e. The van der Waals surface area contributed by atoms with Crippen LogP contribution in [0.3, 0.4) is 0 Å². The molecule has 0 fully saturated rings. The van der Waals surface area contributed by atoms with Crippen molar-refractivity contribution in [2.75, 3.05) is 0 Å². The Morgan fingerprint density at radius 2 is 1.70 bits per heavy atom. The van der Waals surface area contributed by atoms with Gasteiger partial charge in [0.15, 0.2) is 11.6 Å². The smallest absolute Gasteiger partial charge is 0.173 e. The second kappa shape index (κ2) is 3.43. The van der Waals surface area contributed by atoms with Crippen molar-refractivity contribution in [3.8, 4) is 0 Å². The van der Waals surface area contributed by atoms with Crippen LogP contribution in [0.2, 0.25) is 0 Å². The summed E-state index contributed by atoms with van der Waals surface area (Å²) in [7, 11) is 0. The van der Waals surface area contributed by atoms with E-state index in [-0.39, 0.29) is 5.78 Å². The largest absolute Gasteiger partial charge is 0.322 e. The third-order valence-corrected chi connectivity index (χ3v) is 1.19. The number of carbonyl (C=O) groups excluding carboxylic acids is 2. The third-order valence-electron chi connectivity index (χ3n) is 1.19. The van der Waals surface area contributed by atoms with Crippen molar-refractivity contribution in [3.05, 3.63) is 0 Å². The van der Waals surface area contributed by atoms with E-state index in [0.29, 0.717) is 0 Å². The van der Waals surface area contributed by atoms with Crippen LogP contribution in [0, 0.1) is 0 Å². The molecule has 0 heterocycles.